The third kappa shape index (κ3) is 4.86. The molecule has 170 valence electrons. The van der Waals surface area contributed by atoms with Gasteiger partial charge in [0.25, 0.3) is 11.5 Å². The second kappa shape index (κ2) is 10.3. The molecule has 0 saturated carbocycles. The fourth-order valence-electron chi connectivity index (χ4n) is 3.89. The predicted octanol–water partition coefficient (Wildman–Crippen LogP) is 4.37. The molecule has 0 aliphatic carbocycles. The van der Waals surface area contributed by atoms with Crippen molar-refractivity contribution in [2.24, 2.45) is 0 Å². The monoisotopic (exact) mass is 478 g/mol. The van der Waals surface area contributed by atoms with Crippen molar-refractivity contribution in [3.63, 3.8) is 0 Å². The first kappa shape index (κ1) is 23.2. The van der Waals surface area contributed by atoms with Crippen molar-refractivity contribution in [3.8, 4) is 0 Å². The van der Waals surface area contributed by atoms with E-state index in [9.17, 15) is 9.59 Å². The molecule has 1 saturated heterocycles. The van der Waals surface area contributed by atoms with Crippen LogP contribution in [0.25, 0.3) is 11.7 Å². The van der Waals surface area contributed by atoms with Gasteiger partial charge < -0.3 is 4.90 Å². The Morgan fingerprint density at radius 2 is 1.79 bits per heavy atom. The van der Waals surface area contributed by atoms with Gasteiger partial charge in [-0.25, -0.2) is 4.98 Å². The van der Waals surface area contributed by atoms with Gasteiger partial charge >= 0.3 is 0 Å². The number of carbonyl (C=O) groups is 1. The molecule has 1 aromatic carbocycles. The zero-order chi connectivity index (χ0) is 23.4. The number of nitrogens with zero attached hydrogens (tertiary/aromatic N) is 4. The number of thioether (sulfide) groups is 1. The Morgan fingerprint density at radius 1 is 1.06 bits per heavy atom. The van der Waals surface area contributed by atoms with Crippen LogP contribution in [-0.4, -0.2) is 44.1 Å². The third-order valence-corrected chi connectivity index (χ3v) is 7.03. The van der Waals surface area contributed by atoms with Gasteiger partial charge in [-0.1, -0.05) is 60.4 Å². The van der Waals surface area contributed by atoms with Crippen molar-refractivity contribution < 1.29 is 4.79 Å². The van der Waals surface area contributed by atoms with Gasteiger partial charge in [0.1, 0.15) is 15.8 Å². The second-order valence-electron chi connectivity index (χ2n) is 7.68. The Labute approximate surface area is 202 Å². The molecule has 2 aromatic heterocycles. The van der Waals surface area contributed by atoms with Crippen LogP contribution in [0.4, 0.5) is 5.82 Å². The molecule has 0 atom stereocenters. The molecule has 1 aliphatic heterocycles. The van der Waals surface area contributed by atoms with Crippen molar-refractivity contribution in [3.05, 3.63) is 81.1 Å². The summed E-state index contributed by atoms with van der Waals surface area (Å²) in [5.74, 6) is 0.437. The molecule has 1 fully saturated rings. The van der Waals surface area contributed by atoms with Crippen molar-refractivity contribution in [2.45, 2.75) is 26.7 Å². The van der Waals surface area contributed by atoms with Crippen LogP contribution in [0.2, 0.25) is 0 Å². The van der Waals surface area contributed by atoms with E-state index in [-0.39, 0.29) is 11.5 Å². The Bertz CT molecular complexity index is 1270. The zero-order valence-electron chi connectivity index (χ0n) is 18.7. The van der Waals surface area contributed by atoms with E-state index in [4.69, 9.17) is 17.2 Å². The molecule has 3 heterocycles. The van der Waals surface area contributed by atoms with Crippen LogP contribution >= 0.6 is 24.0 Å². The molecule has 0 radical (unpaired) electrons. The van der Waals surface area contributed by atoms with Gasteiger partial charge in [-0.05, 0) is 50.5 Å². The molecule has 6 nitrogen and oxygen atoms in total. The number of anilines is 1. The van der Waals surface area contributed by atoms with Gasteiger partial charge in [0.2, 0.25) is 0 Å². The number of carbonyl (C=O) groups excluding carboxylic acids is 1. The molecule has 33 heavy (non-hydrogen) atoms. The van der Waals surface area contributed by atoms with Crippen molar-refractivity contribution >= 4 is 51.7 Å². The largest absolute Gasteiger partial charge is 0.356 e. The molecule has 4 rings (SSSR count). The lowest BCUT2D eigenvalue weighted by atomic mass is 10.1. The summed E-state index contributed by atoms with van der Waals surface area (Å²) in [5, 5.41) is 0. The second-order valence-corrected chi connectivity index (χ2v) is 9.35. The highest BCUT2D eigenvalue weighted by atomic mass is 32.2. The lowest BCUT2D eigenvalue weighted by Crippen LogP contribution is -2.30. The summed E-state index contributed by atoms with van der Waals surface area (Å²) in [6.07, 6.45) is 5.05. The molecule has 1 amide bonds. The van der Waals surface area contributed by atoms with Crippen molar-refractivity contribution in [1.82, 2.24) is 14.3 Å². The standard InChI is InChI=1S/C25H26N4O2S2/c1-3-27(4-2)22-19(23(30)28-15-9-8-14-21(28)26-22)17-20-24(31)29(25(32)33-20)16-10-13-18-11-6-5-7-12-18/h5-9,11-12,14-15,17H,3-4,10,13,16H2,1-2H3/b20-17-. The molecular weight excluding hydrogens is 452 g/mol. The van der Waals surface area contributed by atoms with Crippen LogP contribution in [0.5, 0.6) is 0 Å². The highest BCUT2D eigenvalue weighted by molar-refractivity contribution is 8.26. The smallest absolute Gasteiger partial charge is 0.267 e. The average molecular weight is 479 g/mol. The van der Waals surface area contributed by atoms with Crippen LogP contribution in [0.3, 0.4) is 0 Å². The Kier molecular flexibility index (Phi) is 7.25. The number of pyridine rings is 1. The van der Waals surface area contributed by atoms with Crippen LogP contribution in [0.1, 0.15) is 31.4 Å². The number of benzene rings is 1. The summed E-state index contributed by atoms with van der Waals surface area (Å²) in [5.41, 5.74) is 2.02. The van der Waals surface area contributed by atoms with Crippen LogP contribution in [0, 0.1) is 0 Å². The summed E-state index contributed by atoms with van der Waals surface area (Å²) < 4.78 is 2.04. The summed E-state index contributed by atoms with van der Waals surface area (Å²) in [4.78, 5) is 35.4. The Hall–Kier alpha value is -2.97. The maximum Gasteiger partial charge on any atom is 0.267 e. The molecule has 3 aromatic rings. The van der Waals surface area contributed by atoms with Crippen molar-refractivity contribution in [2.75, 3.05) is 24.5 Å². The van der Waals surface area contributed by atoms with E-state index < -0.39 is 0 Å². The summed E-state index contributed by atoms with van der Waals surface area (Å²) >= 11 is 6.75. The Balaban J connectivity index is 1.64. The number of thiocarbonyl (C=S) groups is 1. The summed E-state index contributed by atoms with van der Waals surface area (Å²) in [7, 11) is 0. The molecule has 1 aliphatic rings. The molecule has 0 spiro atoms. The fourth-order valence-corrected chi connectivity index (χ4v) is 5.18. The lowest BCUT2D eigenvalue weighted by Gasteiger charge is -2.22. The number of hydrogen-bond donors (Lipinski definition) is 0. The van der Waals surface area contributed by atoms with E-state index >= 15 is 0 Å². The summed E-state index contributed by atoms with van der Waals surface area (Å²) in [6, 6.07) is 15.6. The van der Waals surface area contributed by atoms with E-state index in [0.717, 1.165) is 12.8 Å². The number of hydrogen-bond acceptors (Lipinski definition) is 6. The minimum absolute atomic E-state index is 0.152. The van der Waals surface area contributed by atoms with Gasteiger partial charge in [-0.15, -0.1) is 0 Å². The molecule has 0 bridgehead atoms. The van der Waals surface area contributed by atoms with E-state index in [1.54, 1.807) is 23.2 Å². The number of fused-ring (bicyclic) bond motifs is 1. The predicted molar refractivity (Wildman–Crippen MR) is 140 cm³/mol. The number of aryl methyl sites for hydroxylation is 1. The van der Waals surface area contributed by atoms with E-state index in [0.29, 0.717) is 45.9 Å². The minimum atomic E-state index is -0.197. The topological polar surface area (TPSA) is 57.9 Å². The average Bonchev–Trinajstić information content (AvgIpc) is 3.10. The normalized spacial score (nSPS) is 15.1. The molecular formula is C25H26N4O2S2. The van der Waals surface area contributed by atoms with Crippen LogP contribution in [0.15, 0.2) is 64.4 Å². The molecule has 8 heteroatoms. The maximum absolute atomic E-state index is 13.4. The third-order valence-electron chi connectivity index (χ3n) is 5.65. The van der Waals surface area contributed by atoms with Crippen LogP contribution in [-0.2, 0) is 11.2 Å². The summed E-state index contributed by atoms with van der Waals surface area (Å²) in [6.45, 7) is 6.00. The lowest BCUT2D eigenvalue weighted by molar-refractivity contribution is -0.122. The molecule has 0 N–H and O–H groups in total. The number of aromatic nitrogens is 2. The van der Waals surface area contributed by atoms with Gasteiger partial charge in [0, 0.05) is 25.8 Å². The highest BCUT2D eigenvalue weighted by Gasteiger charge is 2.32. The van der Waals surface area contributed by atoms with E-state index in [1.165, 1.54) is 21.7 Å². The van der Waals surface area contributed by atoms with Crippen LogP contribution < -0.4 is 10.5 Å². The zero-order valence-corrected chi connectivity index (χ0v) is 20.4. The fraction of sp³-hybridized carbons (Fsp3) is 0.280. The first-order valence-electron chi connectivity index (χ1n) is 11.1. The van der Waals surface area contributed by atoms with E-state index in [2.05, 4.69) is 12.1 Å². The quantitative estimate of drug-likeness (QED) is 0.354. The maximum atomic E-state index is 13.4. The van der Waals surface area contributed by atoms with Gasteiger partial charge in [-0.2, -0.15) is 0 Å². The Morgan fingerprint density at radius 3 is 2.52 bits per heavy atom. The number of amides is 1. The van der Waals surface area contributed by atoms with Gasteiger partial charge in [0.05, 0.1) is 10.5 Å². The SMILES string of the molecule is CCN(CC)c1nc2ccccn2c(=O)c1/C=C1\SC(=S)N(CCCc2ccccc2)C1=O. The van der Waals surface area contributed by atoms with Gasteiger partial charge in [0.15, 0.2) is 0 Å². The molecule has 0 unspecified atom stereocenters. The van der Waals surface area contributed by atoms with E-state index in [1.807, 2.05) is 49.1 Å². The van der Waals surface area contributed by atoms with Crippen molar-refractivity contribution in [1.29, 1.82) is 0 Å². The van der Waals surface area contributed by atoms with Gasteiger partial charge in [-0.3, -0.25) is 18.9 Å². The first-order valence-corrected chi connectivity index (χ1v) is 12.3. The minimum Gasteiger partial charge on any atom is -0.356 e. The highest BCUT2D eigenvalue weighted by Crippen LogP contribution is 2.33. The number of rotatable bonds is 8. The first-order chi connectivity index (χ1) is 16.0.